The topological polar surface area (TPSA) is 90.0 Å². The smallest absolute Gasteiger partial charge is 0.257 e. The van der Waals surface area contributed by atoms with E-state index in [4.69, 9.17) is 11.6 Å². The van der Waals surface area contributed by atoms with Gasteiger partial charge >= 0.3 is 0 Å². The number of aryl methyl sites for hydroxylation is 1. The number of rotatable bonds is 5. The number of fused-ring (bicyclic) bond motifs is 2. The van der Waals surface area contributed by atoms with E-state index in [0.717, 1.165) is 12.1 Å². The van der Waals surface area contributed by atoms with Crippen LogP contribution in [0.3, 0.4) is 0 Å². The second-order valence-electron chi connectivity index (χ2n) is 7.95. The van der Waals surface area contributed by atoms with Gasteiger partial charge in [0.25, 0.3) is 5.91 Å². The molecule has 3 aromatic rings. The standard InChI is InChI=1S/C21H21ClFN7O/c1-12-7-18(28-27-12)25-17-5-6-24-19(26-17)11-29-9-14-8-13(29)10-30(14)21(31)15-3-2-4-16(22)20(15)23/h2-7,13-14H,8-11H2,1H3,(H2,24,25,26,27,28)/t13-,14-/m0/s1. The van der Waals surface area contributed by atoms with E-state index in [1.807, 2.05) is 13.0 Å². The number of hydrogen-bond donors (Lipinski definition) is 2. The Morgan fingerprint density at radius 1 is 1.29 bits per heavy atom. The summed E-state index contributed by atoms with van der Waals surface area (Å²) in [7, 11) is 0. The molecule has 0 aliphatic carbocycles. The van der Waals surface area contributed by atoms with Crippen LogP contribution < -0.4 is 5.32 Å². The number of H-pyrrole nitrogens is 1. The van der Waals surface area contributed by atoms with Crippen molar-refractivity contribution in [2.45, 2.75) is 32.0 Å². The minimum Gasteiger partial charge on any atom is -0.333 e. The number of carbonyl (C=O) groups excluding carboxylic acids is 1. The second-order valence-corrected chi connectivity index (χ2v) is 8.36. The third kappa shape index (κ3) is 3.86. The van der Waals surface area contributed by atoms with Gasteiger partial charge < -0.3 is 10.2 Å². The molecule has 2 bridgehead atoms. The van der Waals surface area contributed by atoms with Gasteiger partial charge in [0.2, 0.25) is 0 Å². The third-order valence-electron chi connectivity index (χ3n) is 5.81. The largest absolute Gasteiger partial charge is 0.333 e. The Hall–Kier alpha value is -3.04. The molecule has 160 valence electrons. The van der Waals surface area contributed by atoms with Gasteiger partial charge in [0.15, 0.2) is 11.6 Å². The van der Waals surface area contributed by atoms with Crippen molar-refractivity contribution in [3.8, 4) is 0 Å². The summed E-state index contributed by atoms with van der Waals surface area (Å²) < 4.78 is 14.3. The summed E-state index contributed by atoms with van der Waals surface area (Å²) in [6.07, 6.45) is 2.58. The number of likely N-dealkylation sites (tertiary alicyclic amines) is 2. The monoisotopic (exact) mass is 441 g/mol. The van der Waals surface area contributed by atoms with Crippen molar-refractivity contribution in [1.29, 1.82) is 0 Å². The highest BCUT2D eigenvalue weighted by Gasteiger charge is 2.45. The van der Waals surface area contributed by atoms with Crippen LogP contribution in [-0.2, 0) is 6.54 Å². The van der Waals surface area contributed by atoms with Crippen LogP contribution in [-0.4, -0.2) is 61.0 Å². The molecule has 0 unspecified atom stereocenters. The van der Waals surface area contributed by atoms with Gasteiger partial charge in [0.05, 0.1) is 17.1 Å². The maximum atomic E-state index is 14.3. The van der Waals surface area contributed by atoms with E-state index in [-0.39, 0.29) is 28.6 Å². The van der Waals surface area contributed by atoms with Crippen LogP contribution in [0.2, 0.25) is 5.02 Å². The van der Waals surface area contributed by atoms with Gasteiger partial charge in [-0.15, -0.1) is 0 Å². The Morgan fingerprint density at radius 3 is 2.90 bits per heavy atom. The zero-order chi connectivity index (χ0) is 21.5. The molecule has 0 saturated carbocycles. The van der Waals surface area contributed by atoms with Crippen molar-refractivity contribution in [1.82, 2.24) is 30.0 Å². The summed E-state index contributed by atoms with van der Waals surface area (Å²) in [6.45, 7) is 3.78. The van der Waals surface area contributed by atoms with E-state index in [0.29, 0.717) is 37.1 Å². The van der Waals surface area contributed by atoms with E-state index in [2.05, 4.69) is 30.4 Å². The Kier molecular flexibility index (Phi) is 5.07. The number of amides is 1. The molecular formula is C21H21ClFN7O. The molecule has 2 saturated heterocycles. The van der Waals surface area contributed by atoms with Crippen molar-refractivity contribution < 1.29 is 9.18 Å². The third-order valence-corrected chi connectivity index (χ3v) is 6.10. The van der Waals surface area contributed by atoms with E-state index in [1.54, 1.807) is 23.2 Å². The zero-order valence-corrected chi connectivity index (χ0v) is 17.6. The van der Waals surface area contributed by atoms with Gasteiger partial charge in [-0.25, -0.2) is 14.4 Å². The minimum absolute atomic E-state index is 0.0299. The van der Waals surface area contributed by atoms with E-state index < -0.39 is 5.82 Å². The van der Waals surface area contributed by atoms with Gasteiger partial charge in [0.1, 0.15) is 11.6 Å². The molecule has 2 aliphatic rings. The zero-order valence-electron chi connectivity index (χ0n) is 16.8. The number of anilines is 2. The highest BCUT2D eigenvalue weighted by molar-refractivity contribution is 6.31. The Balaban J connectivity index is 1.24. The molecule has 8 nitrogen and oxygen atoms in total. The van der Waals surface area contributed by atoms with Crippen LogP contribution in [0.5, 0.6) is 0 Å². The molecule has 5 rings (SSSR count). The number of hydrogen-bond acceptors (Lipinski definition) is 6. The molecular weight excluding hydrogens is 421 g/mol. The molecule has 4 heterocycles. The molecule has 31 heavy (non-hydrogen) atoms. The molecule has 2 atom stereocenters. The summed E-state index contributed by atoms with van der Waals surface area (Å²) in [5.41, 5.74) is 0.990. The number of nitrogens with zero attached hydrogens (tertiary/aromatic N) is 5. The second kappa shape index (κ2) is 7.90. The fourth-order valence-electron chi connectivity index (χ4n) is 4.36. The fourth-order valence-corrected chi connectivity index (χ4v) is 4.53. The first kappa shape index (κ1) is 19.9. The number of aromatic amines is 1. The van der Waals surface area contributed by atoms with E-state index in [9.17, 15) is 9.18 Å². The first-order valence-corrected chi connectivity index (χ1v) is 10.5. The summed E-state index contributed by atoms with van der Waals surface area (Å²) in [5.74, 6) is 1.12. The van der Waals surface area contributed by atoms with Crippen molar-refractivity contribution in [2.24, 2.45) is 0 Å². The number of piperazine rings is 1. The minimum atomic E-state index is -0.654. The van der Waals surface area contributed by atoms with Crippen LogP contribution in [0.25, 0.3) is 0 Å². The summed E-state index contributed by atoms with van der Waals surface area (Å²) in [6, 6.07) is 8.47. The lowest BCUT2D eigenvalue weighted by molar-refractivity contribution is 0.0608. The molecule has 2 aromatic heterocycles. The number of benzene rings is 1. The lowest BCUT2D eigenvalue weighted by Gasteiger charge is -2.34. The average Bonchev–Trinajstić information content (AvgIpc) is 3.46. The molecule has 2 N–H and O–H groups in total. The molecule has 1 amide bonds. The Morgan fingerprint density at radius 2 is 2.16 bits per heavy atom. The number of carbonyl (C=O) groups is 1. The first-order valence-electron chi connectivity index (χ1n) is 10.1. The van der Waals surface area contributed by atoms with Crippen molar-refractivity contribution >= 4 is 29.1 Å². The highest BCUT2D eigenvalue weighted by atomic mass is 35.5. The number of aromatic nitrogens is 4. The lowest BCUT2D eigenvalue weighted by Crippen LogP contribution is -2.48. The average molecular weight is 442 g/mol. The molecule has 2 aliphatic heterocycles. The Bertz CT molecular complexity index is 1140. The number of halogens is 2. The molecule has 10 heteroatoms. The van der Waals surface area contributed by atoms with Crippen molar-refractivity contribution in [3.05, 3.63) is 64.5 Å². The number of nitrogens with one attached hydrogen (secondary N) is 2. The maximum Gasteiger partial charge on any atom is 0.257 e. The van der Waals surface area contributed by atoms with Gasteiger partial charge in [-0.05, 0) is 31.5 Å². The predicted molar refractivity (Wildman–Crippen MR) is 114 cm³/mol. The molecule has 1 aromatic carbocycles. The SMILES string of the molecule is Cc1cc(Nc2ccnc(CN3C[C@@H]4C[C@H]3CN4C(=O)c3cccc(Cl)c3F)n2)n[nH]1. The van der Waals surface area contributed by atoms with Gasteiger partial charge in [-0.2, -0.15) is 5.10 Å². The maximum absolute atomic E-state index is 14.3. The lowest BCUT2D eigenvalue weighted by atomic mass is 10.1. The normalized spacial score (nSPS) is 20.4. The van der Waals surface area contributed by atoms with Gasteiger partial charge in [-0.3, -0.25) is 14.8 Å². The van der Waals surface area contributed by atoms with Gasteiger partial charge in [0, 0.05) is 43.1 Å². The van der Waals surface area contributed by atoms with Crippen LogP contribution in [0.15, 0.2) is 36.5 Å². The van der Waals surface area contributed by atoms with Crippen LogP contribution in [0, 0.1) is 12.7 Å². The fraction of sp³-hybridized carbons (Fsp3) is 0.333. The van der Waals surface area contributed by atoms with Crippen molar-refractivity contribution in [2.75, 3.05) is 18.4 Å². The van der Waals surface area contributed by atoms with Crippen LogP contribution >= 0.6 is 11.6 Å². The van der Waals surface area contributed by atoms with Crippen molar-refractivity contribution in [3.63, 3.8) is 0 Å². The summed E-state index contributed by atoms with van der Waals surface area (Å²) in [4.78, 5) is 25.9. The Labute approximate surface area is 183 Å². The summed E-state index contributed by atoms with van der Waals surface area (Å²) >= 11 is 5.84. The first-order chi connectivity index (χ1) is 15.0. The van der Waals surface area contributed by atoms with Crippen LogP contribution in [0.1, 0.15) is 28.3 Å². The molecule has 0 spiro atoms. The molecule has 0 radical (unpaired) electrons. The quantitative estimate of drug-likeness (QED) is 0.632. The summed E-state index contributed by atoms with van der Waals surface area (Å²) in [5, 5.41) is 10.2. The predicted octanol–water partition coefficient (Wildman–Crippen LogP) is 3.14. The highest BCUT2D eigenvalue weighted by Crippen LogP contribution is 2.33. The van der Waals surface area contributed by atoms with Gasteiger partial charge in [-0.1, -0.05) is 17.7 Å². The van der Waals surface area contributed by atoms with E-state index in [1.165, 1.54) is 12.1 Å². The van der Waals surface area contributed by atoms with E-state index >= 15 is 0 Å². The van der Waals surface area contributed by atoms with Crippen LogP contribution in [0.4, 0.5) is 16.0 Å². The molecule has 2 fully saturated rings.